The van der Waals surface area contributed by atoms with Gasteiger partial charge in [-0.05, 0) is 62.4 Å². The molecule has 5 heteroatoms. The second-order valence-electron chi connectivity index (χ2n) is 6.24. The SMILES string of the molecule is CC(C)Cc1ccc(S(=O)(=O)NC2CCCNCC2)cc1. The summed E-state index contributed by atoms with van der Waals surface area (Å²) in [5.41, 5.74) is 1.18. The molecule has 1 atom stereocenters. The van der Waals surface area contributed by atoms with E-state index in [0.717, 1.165) is 38.8 Å². The standard InChI is InChI=1S/C16H26N2O2S/c1-13(2)12-14-5-7-16(8-6-14)21(19,20)18-15-4-3-10-17-11-9-15/h5-8,13,15,17-18H,3-4,9-12H2,1-2H3. The lowest BCUT2D eigenvalue weighted by atomic mass is 10.0. The van der Waals surface area contributed by atoms with Crippen LogP contribution in [0.15, 0.2) is 29.2 Å². The van der Waals surface area contributed by atoms with Gasteiger partial charge in [-0.1, -0.05) is 26.0 Å². The van der Waals surface area contributed by atoms with Crippen LogP contribution in [-0.4, -0.2) is 27.5 Å². The third-order valence-corrected chi connectivity index (χ3v) is 5.31. The Hall–Kier alpha value is -0.910. The number of hydrogen-bond acceptors (Lipinski definition) is 3. The molecule has 1 aliphatic rings. The van der Waals surface area contributed by atoms with Crippen LogP contribution in [0.2, 0.25) is 0 Å². The van der Waals surface area contributed by atoms with E-state index in [4.69, 9.17) is 0 Å². The van der Waals surface area contributed by atoms with Gasteiger partial charge in [0.2, 0.25) is 10.0 Å². The molecule has 118 valence electrons. The minimum absolute atomic E-state index is 0.0420. The Bertz CT molecular complexity index is 530. The lowest BCUT2D eigenvalue weighted by molar-refractivity contribution is 0.518. The predicted molar refractivity (Wildman–Crippen MR) is 85.8 cm³/mol. The fraction of sp³-hybridized carbons (Fsp3) is 0.625. The second-order valence-corrected chi connectivity index (χ2v) is 7.96. The van der Waals surface area contributed by atoms with Crippen LogP contribution >= 0.6 is 0 Å². The van der Waals surface area contributed by atoms with Crippen molar-refractivity contribution >= 4 is 10.0 Å². The van der Waals surface area contributed by atoms with Crippen molar-refractivity contribution in [2.45, 2.75) is 50.5 Å². The number of rotatable bonds is 5. The molecule has 0 aromatic heterocycles. The summed E-state index contributed by atoms with van der Waals surface area (Å²) in [6, 6.07) is 7.32. The van der Waals surface area contributed by atoms with Crippen LogP contribution in [0.4, 0.5) is 0 Å². The van der Waals surface area contributed by atoms with E-state index in [1.54, 1.807) is 12.1 Å². The first kappa shape index (κ1) is 16.5. The van der Waals surface area contributed by atoms with Crippen molar-refractivity contribution in [2.24, 2.45) is 5.92 Å². The van der Waals surface area contributed by atoms with Crippen LogP contribution in [0.5, 0.6) is 0 Å². The number of benzene rings is 1. The zero-order chi connectivity index (χ0) is 15.3. The van der Waals surface area contributed by atoms with Gasteiger partial charge in [0.1, 0.15) is 0 Å². The van der Waals surface area contributed by atoms with Gasteiger partial charge >= 0.3 is 0 Å². The average Bonchev–Trinajstić information content (AvgIpc) is 2.67. The first-order valence-electron chi connectivity index (χ1n) is 7.79. The van der Waals surface area contributed by atoms with Crippen molar-refractivity contribution in [3.05, 3.63) is 29.8 Å². The van der Waals surface area contributed by atoms with E-state index in [2.05, 4.69) is 23.9 Å². The monoisotopic (exact) mass is 310 g/mol. The molecule has 2 N–H and O–H groups in total. The van der Waals surface area contributed by atoms with Crippen molar-refractivity contribution in [3.8, 4) is 0 Å². The van der Waals surface area contributed by atoms with E-state index in [9.17, 15) is 8.42 Å². The molecular formula is C16H26N2O2S. The summed E-state index contributed by atoms with van der Waals surface area (Å²) < 4.78 is 27.7. The van der Waals surface area contributed by atoms with Crippen molar-refractivity contribution in [1.29, 1.82) is 0 Å². The van der Waals surface area contributed by atoms with Crippen molar-refractivity contribution in [2.75, 3.05) is 13.1 Å². The molecule has 1 aromatic rings. The fourth-order valence-corrected chi connectivity index (χ4v) is 4.01. The van der Waals surface area contributed by atoms with Crippen LogP contribution in [0, 0.1) is 5.92 Å². The summed E-state index contributed by atoms with van der Waals surface area (Å²) in [5, 5.41) is 3.29. The van der Waals surface area contributed by atoms with E-state index >= 15 is 0 Å². The molecule has 1 fully saturated rings. The Morgan fingerprint density at radius 2 is 1.90 bits per heavy atom. The van der Waals surface area contributed by atoms with Gasteiger partial charge in [0, 0.05) is 6.04 Å². The molecule has 0 bridgehead atoms. The Kier molecular flexibility index (Phi) is 5.79. The van der Waals surface area contributed by atoms with Crippen LogP contribution in [-0.2, 0) is 16.4 Å². The van der Waals surface area contributed by atoms with Gasteiger partial charge in [0.25, 0.3) is 0 Å². The maximum atomic E-state index is 12.4. The van der Waals surface area contributed by atoms with Crippen molar-refractivity contribution in [1.82, 2.24) is 10.0 Å². The summed E-state index contributed by atoms with van der Waals surface area (Å²) in [6.07, 6.45) is 3.74. The summed E-state index contributed by atoms with van der Waals surface area (Å²) in [4.78, 5) is 0.368. The van der Waals surface area contributed by atoms with Gasteiger partial charge in [0.05, 0.1) is 4.90 Å². The normalized spacial score (nSPS) is 20.4. The first-order valence-corrected chi connectivity index (χ1v) is 9.27. The molecule has 2 rings (SSSR count). The maximum absolute atomic E-state index is 12.4. The van der Waals surface area contributed by atoms with E-state index < -0.39 is 10.0 Å². The molecule has 0 saturated carbocycles. The summed E-state index contributed by atoms with van der Waals surface area (Å²) in [5.74, 6) is 0.573. The number of nitrogens with one attached hydrogen (secondary N) is 2. The van der Waals surface area contributed by atoms with Gasteiger partial charge in [-0.3, -0.25) is 0 Å². The highest BCUT2D eigenvalue weighted by molar-refractivity contribution is 7.89. The van der Waals surface area contributed by atoms with E-state index in [1.807, 2.05) is 12.1 Å². The molecule has 4 nitrogen and oxygen atoms in total. The molecule has 0 aliphatic carbocycles. The zero-order valence-corrected chi connectivity index (χ0v) is 13.7. The highest BCUT2D eigenvalue weighted by atomic mass is 32.2. The second kappa shape index (κ2) is 7.38. The Morgan fingerprint density at radius 3 is 2.57 bits per heavy atom. The maximum Gasteiger partial charge on any atom is 0.240 e. The molecule has 1 heterocycles. The Balaban J connectivity index is 2.04. The van der Waals surface area contributed by atoms with E-state index in [-0.39, 0.29) is 6.04 Å². The summed E-state index contributed by atoms with van der Waals surface area (Å²) >= 11 is 0. The molecule has 0 radical (unpaired) electrons. The minimum Gasteiger partial charge on any atom is -0.317 e. The molecular weight excluding hydrogens is 284 g/mol. The summed E-state index contributed by atoms with van der Waals surface area (Å²) in [6.45, 7) is 6.17. The van der Waals surface area contributed by atoms with E-state index in [0.29, 0.717) is 10.8 Å². The van der Waals surface area contributed by atoms with Crippen LogP contribution in [0.25, 0.3) is 0 Å². The molecule has 1 aromatic carbocycles. The topological polar surface area (TPSA) is 58.2 Å². The van der Waals surface area contributed by atoms with Crippen LogP contribution < -0.4 is 10.0 Å². The van der Waals surface area contributed by atoms with Gasteiger partial charge in [-0.2, -0.15) is 0 Å². The van der Waals surface area contributed by atoms with Gasteiger partial charge in [-0.25, -0.2) is 13.1 Å². The largest absolute Gasteiger partial charge is 0.317 e. The molecule has 1 unspecified atom stereocenters. The number of sulfonamides is 1. The first-order chi connectivity index (χ1) is 9.97. The lowest BCUT2D eigenvalue weighted by Gasteiger charge is -2.16. The molecule has 1 saturated heterocycles. The van der Waals surface area contributed by atoms with Gasteiger partial charge < -0.3 is 5.32 Å². The third-order valence-electron chi connectivity index (χ3n) is 3.78. The van der Waals surface area contributed by atoms with Gasteiger partial charge in [0.15, 0.2) is 0 Å². The summed E-state index contributed by atoms with van der Waals surface area (Å²) in [7, 11) is -3.40. The quantitative estimate of drug-likeness (QED) is 0.877. The smallest absolute Gasteiger partial charge is 0.240 e. The Labute approximate surface area is 128 Å². The molecule has 21 heavy (non-hydrogen) atoms. The fourth-order valence-electron chi connectivity index (χ4n) is 2.70. The highest BCUT2D eigenvalue weighted by Crippen LogP contribution is 2.15. The van der Waals surface area contributed by atoms with Crippen molar-refractivity contribution in [3.63, 3.8) is 0 Å². The van der Waals surface area contributed by atoms with Crippen LogP contribution in [0.1, 0.15) is 38.7 Å². The van der Waals surface area contributed by atoms with E-state index in [1.165, 1.54) is 5.56 Å². The van der Waals surface area contributed by atoms with Crippen molar-refractivity contribution < 1.29 is 8.42 Å². The third kappa shape index (κ3) is 5.09. The average molecular weight is 310 g/mol. The van der Waals surface area contributed by atoms with Crippen LogP contribution in [0.3, 0.4) is 0 Å². The zero-order valence-electron chi connectivity index (χ0n) is 12.9. The lowest BCUT2D eigenvalue weighted by Crippen LogP contribution is -2.35. The molecule has 1 aliphatic heterocycles. The Morgan fingerprint density at radius 1 is 1.19 bits per heavy atom. The highest BCUT2D eigenvalue weighted by Gasteiger charge is 2.20. The number of hydrogen-bond donors (Lipinski definition) is 2. The molecule has 0 spiro atoms. The molecule has 0 amide bonds. The minimum atomic E-state index is -3.40. The van der Waals surface area contributed by atoms with Gasteiger partial charge in [-0.15, -0.1) is 0 Å². The predicted octanol–water partition coefficient (Wildman–Crippen LogP) is 2.31.